The smallest absolute Gasteiger partial charge is 0.160 e. The first-order valence-corrected chi connectivity index (χ1v) is 5.01. The first-order valence-electron chi connectivity index (χ1n) is 5.01. The largest absolute Gasteiger partial charge is 0.496 e. The van der Waals surface area contributed by atoms with Crippen molar-refractivity contribution in [1.82, 2.24) is 0 Å². The maximum absolute atomic E-state index is 11.4. The third-order valence-electron chi connectivity index (χ3n) is 2.79. The molecule has 0 N–H and O–H groups in total. The first-order chi connectivity index (χ1) is 7.11. The van der Waals surface area contributed by atoms with Crippen LogP contribution in [0.1, 0.15) is 23.6 Å². The standard InChI is InChI=1S/C13H14O2/c1-8-5-11(14)6-10-4-9(2)13(15-3)7-12(8)10/h4-5,7H,6H2,1-3H3. The molecule has 0 spiro atoms. The minimum atomic E-state index is 0.185. The molecule has 0 radical (unpaired) electrons. The molecule has 1 aliphatic rings. The zero-order valence-electron chi connectivity index (χ0n) is 9.26. The van der Waals surface area contributed by atoms with Crippen LogP contribution in [-0.4, -0.2) is 12.9 Å². The van der Waals surface area contributed by atoms with Crippen molar-refractivity contribution < 1.29 is 9.53 Å². The van der Waals surface area contributed by atoms with Gasteiger partial charge in [-0.3, -0.25) is 4.79 Å². The molecular formula is C13H14O2. The molecule has 0 unspecified atom stereocenters. The summed E-state index contributed by atoms with van der Waals surface area (Å²) in [6, 6.07) is 4.06. The van der Waals surface area contributed by atoms with Crippen molar-refractivity contribution in [2.75, 3.05) is 7.11 Å². The number of methoxy groups -OCH3 is 1. The molecule has 2 nitrogen and oxygen atoms in total. The van der Waals surface area contributed by atoms with Crippen LogP contribution in [-0.2, 0) is 11.2 Å². The van der Waals surface area contributed by atoms with Crippen LogP contribution >= 0.6 is 0 Å². The Kier molecular flexibility index (Phi) is 2.35. The summed E-state index contributed by atoms with van der Waals surface area (Å²) < 4.78 is 5.27. The van der Waals surface area contributed by atoms with Crippen LogP contribution in [0.2, 0.25) is 0 Å². The third-order valence-corrected chi connectivity index (χ3v) is 2.79. The Hall–Kier alpha value is -1.57. The molecular weight excluding hydrogens is 188 g/mol. The number of allylic oxidation sites excluding steroid dienone is 2. The van der Waals surface area contributed by atoms with E-state index in [9.17, 15) is 4.79 Å². The third kappa shape index (κ3) is 1.67. The van der Waals surface area contributed by atoms with E-state index in [0.717, 1.165) is 28.0 Å². The summed E-state index contributed by atoms with van der Waals surface area (Å²) in [5.74, 6) is 1.07. The summed E-state index contributed by atoms with van der Waals surface area (Å²) in [4.78, 5) is 11.4. The fourth-order valence-corrected chi connectivity index (χ4v) is 2.04. The number of carbonyl (C=O) groups excluding carboxylic acids is 1. The van der Waals surface area contributed by atoms with Crippen molar-refractivity contribution in [3.63, 3.8) is 0 Å². The van der Waals surface area contributed by atoms with Crippen LogP contribution in [0.3, 0.4) is 0 Å². The number of ether oxygens (including phenoxy) is 1. The molecule has 0 amide bonds. The highest BCUT2D eigenvalue weighted by atomic mass is 16.5. The Bertz CT molecular complexity index is 456. The van der Waals surface area contributed by atoms with E-state index in [1.54, 1.807) is 13.2 Å². The fourth-order valence-electron chi connectivity index (χ4n) is 2.04. The van der Waals surface area contributed by atoms with Gasteiger partial charge in [0.05, 0.1) is 7.11 Å². The van der Waals surface area contributed by atoms with Crippen molar-refractivity contribution >= 4 is 11.4 Å². The van der Waals surface area contributed by atoms with Crippen LogP contribution in [0.25, 0.3) is 5.57 Å². The lowest BCUT2D eigenvalue weighted by molar-refractivity contribution is -0.114. The van der Waals surface area contributed by atoms with Gasteiger partial charge in [-0.15, -0.1) is 0 Å². The van der Waals surface area contributed by atoms with E-state index in [4.69, 9.17) is 4.74 Å². The maximum atomic E-state index is 11.4. The second-order valence-corrected chi connectivity index (χ2v) is 3.95. The van der Waals surface area contributed by atoms with Crippen LogP contribution in [0.5, 0.6) is 5.75 Å². The van der Waals surface area contributed by atoms with Gasteiger partial charge in [-0.1, -0.05) is 6.07 Å². The minimum Gasteiger partial charge on any atom is -0.496 e. The second kappa shape index (κ2) is 3.54. The Morgan fingerprint density at radius 3 is 2.67 bits per heavy atom. The van der Waals surface area contributed by atoms with Gasteiger partial charge in [0, 0.05) is 6.42 Å². The van der Waals surface area contributed by atoms with Gasteiger partial charge in [-0.05, 0) is 48.3 Å². The van der Waals surface area contributed by atoms with E-state index in [1.807, 2.05) is 26.0 Å². The zero-order chi connectivity index (χ0) is 11.0. The highest BCUT2D eigenvalue weighted by molar-refractivity contribution is 6.01. The zero-order valence-corrected chi connectivity index (χ0v) is 9.26. The number of fused-ring (bicyclic) bond motifs is 1. The number of rotatable bonds is 1. The highest BCUT2D eigenvalue weighted by Gasteiger charge is 2.16. The topological polar surface area (TPSA) is 26.3 Å². The number of benzene rings is 1. The van der Waals surface area contributed by atoms with Gasteiger partial charge in [0.1, 0.15) is 5.75 Å². The molecule has 78 valence electrons. The van der Waals surface area contributed by atoms with Gasteiger partial charge < -0.3 is 4.74 Å². The SMILES string of the molecule is COc1cc2c(cc1C)CC(=O)C=C2C. The van der Waals surface area contributed by atoms with E-state index >= 15 is 0 Å². The fraction of sp³-hybridized carbons (Fsp3) is 0.308. The van der Waals surface area contributed by atoms with Gasteiger partial charge in [0.2, 0.25) is 0 Å². The van der Waals surface area contributed by atoms with E-state index in [2.05, 4.69) is 0 Å². The maximum Gasteiger partial charge on any atom is 0.160 e. The molecule has 0 aliphatic heterocycles. The van der Waals surface area contributed by atoms with Crippen LogP contribution in [0, 0.1) is 6.92 Å². The number of ketones is 1. The summed E-state index contributed by atoms with van der Waals surface area (Å²) in [6.07, 6.45) is 2.22. The molecule has 2 rings (SSSR count). The van der Waals surface area contributed by atoms with Gasteiger partial charge in [0.25, 0.3) is 0 Å². The highest BCUT2D eigenvalue weighted by Crippen LogP contribution is 2.30. The average Bonchev–Trinajstić information content (AvgIpc) is 2.16. The molecule has 0 saturated carbocycles. The lowest BCUT2D eigenvalue weighted by atomic mass is 9.89. The normalized spacial score (nSPS) is 14.6. The Balaban J connectivity index is 2.60. The average molecular weight is 202 g/mol. The number of hydrogen-bond donors (Lipinski definition) is 0. The van der Waals surface area contributed by atoms with E-state index in [0.29, 0.717) is 6.42 Å². The van der Waals surface area contributed by atoms with Gasteiger partial charge in [-0.2, -0.15) is 0 Å². The van der Waals surface area contributed by atoms with Gasteiger partial charge in [-0.25, -0.2) is 0 Å². The lowest BCUT2D eigenvalue weighted by Gasteiger charge is -2.17. The van der Waals surface area contributed by atoms with Crippen LogP contribution in [0.15, 0.2) is 18.2 Å². The monoisotopic (exact) mass is 202 g/mol. The van der Waals surface area contributed by atoms with Gasteiger partial charge in [0.15, 0.2) is 5.78 Å². The molecule has 0 aromatic heterocycles. The summed E-state index contributed by atoms with van der Waals surface area (Å²) in [6.45, 7) is 3.96. The Morgan fingerprint density at radius 2 is 2.00 bits per heavy atom. The molecule has 1 aromatic rings. The van der Waals surface area contributed by atoms with Crippen molar-refractivity contribution in [2.24, 2.45) is 0 Å². The predicted molar refractivity (Wildman–Crippen MR) is 60.1 cm³/mol. The number of aryl methyl sites for hydroxylation is 1. The first kappa shape index (κ1) is 9.97. The number of carbonyl (C=O) groups is 1. The molecule has 0 heterocycles. The molecule has 0 fully saturated rings. The molecule has 1 aliphatic carbocycles. The van der Waals surface area contributed by atoms with E-state index in [-0.39, 0.29) is 5.78 Å². The molecule has 0 bridgehead atoms. The van der Waals surface area contributed by atoms with Gasteiger partial charge >= 0.3 is 0 Å². The second-order valence-electron chi connectivity index (χ2n) is 3.95. The summed E-state index contributed by atoms with van der Waals surface area (Å²) in [5, 5.41) is 0. The molecule has 1 aromatic carbocycles. The molecule has 2 heteroatoms. The van der Waals surface area contributed by atoms with Crippen molar-refractivity contribution in [2.45, 2.75) is 20.3 Å². The van der Waals surface area contributed by atoms with Crippen molar-refractivity contribution in [3.8, 4) is 5.75 Å². The minimum absolute atomic E-state index is 0.185. The molecule has 0 atom stereocenters. The van der Waals surface area contributed by atoms with Crippen LogP contribution in [0.4, 0.5) is 0 Å². The molecule has 15 heavy (non-hydrogen) atoms. The predicted octanol–water partition coefficient (Wildman–Crippen LogP) is 2.53. The van der Waals surface area contributed by atoms with Crippen LogP contribution < -0.4 is 4.74 Å². The summed E-state index contributed by atoms with van der Waals surface area (Å²) in [7, 11) is 1.67. The quantitative estimate of drug-likeness (QED) is 0.699. The number of hydrogen-bond acceptors (Lipinski definition) is 2. The lowest BCUT2D eigenvalue weighted by Crippen LogP contribution is -2.08. The van der Waals surface area contributed by atoms with Crippen molar-refractivity contribution in [3.05, 3.63) is 34.9 Å². The van der Waals surface area contributed by atoms with Crippen molar-refractivity contribution in [1.29, 1.82) is 0 Å². The summed E-state index contributed by atoms with van der Waals surface area (Å²) in [5.41, 5.74) is 4.36. The van der Waals surface area contributed by atoms with E-state index in [1.165, 1.54) is 0 Å². The molecule has 0 saturated heterocycles. The van der Waals surface area contributed by atoms with E-state index < -0.39 is 0 Å². The Labute approximate surface area is 89.6 Å². The Morgan fingerprint density at radius 1 is 1.27 bits per heavy atom. The summed E-state index contributed by atoms with van der Waals surface area (Å²) >= 11 is 0.